The van der Waals surface area contributed by atoms with E-state index in [9.17, 15) is 4.79 Å². The van der Waals surface area contributed by atoms with Gasteiger partial charge in [-0.15, -0.1) is 0 Å². The molecular formula is C19H24ClN3O3. The lowest BCUT2D eigenvalue weighted by atomic mass is 10.2. The highest BCUT2D eigenvalue weighted by Gasteiger charge is 2.27. The number of aromatic nitrogens is 1. The molecule has 1 aromatic heterocycles. The molecule has 7 heteroatoms. The molecule has 0 saturated carbocycles. The molecule has 2 aliphatic heterocycles. The number of hydrogen-bond donors (Lipinski definition) is 1. The topological polar surface area (TPSA) is 55.7 Å². The van der Waals surface area contributed by atoms with E-state index < -0.39 is 0 Å². The van der Waals surface area contributed by atoms with Crippen LogP contribution in [-0.2, 0) is 11.3 Å². The molecule has 4 rings (SSSR count). The molecule has 1 fully saturated rings. The van der Waals surface area contributed by atoms with E-state index >= 15 is 0 Å². The molecule has 140 valence electrons. The summed E-state index contributed by atoms with van der Waals surface area (Å²) in [5, 5.41) is 4.57. The summed E-state index contributed by atoms with van der Waals surface area (Å²) >= 11 is 6.36. The molecule has 1 amide bonds. The van der Waals surface area contributed by atoms with Crippen LogP contribution in [0.2, 0.25) is 5.02 Å². The maximum Gasteiger partial charge on any atom is 0.267 e. The quantitative estimate of drug-likeness (QED) is 0.870. The maximum absolute atomic E-state index is 12.8. The minimum atomic E-state index is -0.0618. The molecule has 1 aromatic carbocycles. The molecule has 1 N–H and O–H groups in total. The Balaban J connectivity index is 1.53. The van der Waals surface area contributed by atoms with E-state index in [2.05, 4.69) is 21.7 Å². The first kappa shape index (κ1) is 17.6. The van der Waals surface area contributed by atoms with Gasteiger partial charge < -0.3 is 19.4 Å². The third kappa shape index (κ3) is 3.29. The Morgan fingerprint density at radius 2 is 2.15 bits per heavy atom. The Morgan fingerprint density at radius 3 is 2.92 bits per heavy atom. The van der Waals surface area contributed by atoms with Crippen LogP contribution in [0, 0.1) is 0 Å². The van der Waals surface area contributed by atoms with Gasteiger partial charge in [-0.2, -0.15) is 0 Å². The summed E-state index contributed by atoms with van der Waals surface area (Å²) in [5.41, 5.74) is 1.57. The van der Waals surface area contributed by atoms with Crippen molar-refractivity contribution in [2.75, 3.05) is 39.4 Å². The molecule has 1 atom stereocenters. The Labute approximate surface area is 158 Å². The van der Waals surface area contributed by atoms with Gasteiger partial charge in [-0.25, -0.2) is 0 Å². The van der Waals surface area contributed by atoms with Gasteiger partial charge in [0.1, 0.15) is 17.5 Å². The monoisotopic (exact) mass is 377 g/mol. The molecule has 6 nitrogen and oxygen atoms in total. The number of amides is 1. The second-order valence-electron chi connectivity index (χ2n) is 6.81. The summed E-state index contributed by atoms with van der Waals surface area (Å²) in [6, 6.07) is 5.61. The fourth-order valence-electron chi connectivity index (χ4n) is 3.66. The Bertz CT molecular complexity index is 814. The van der Waals surface area contributed by atoms with Crippen molar-refractivity contribution < 1.29 is 14.3 Å². The average molecular weight is 378 g/mol. The summed E-state index contributed by atoms with van der Waals surface area (Å²) in [5.74, 6) is 0.739. The Hall–Kier alpha value is -1.76. The first-order chi connectivity index (χ1) is 12.7. The molecule has 3 heterocycles. The van der Waals surface area contributed by atoms with E-state index in [1.54, 1.807) is 0 Å². The number of halogens is 1. The second kappa shape index (κ2) is 7.47. The zero-order valence-corrected chi connectivity index (χ0v) is 15.7. The molecule has 2 aromatic rings. The lowest BCUT2D eigenvalue weighted by Crippen LogP contribution is -2.41. The van der Waals surface area contributed by atoms with Crippen molar-refractivity contribution >= 4 is 28.4 Å². The van der Waals surface area contributed by atoms with Gasteiger partial charge in [0.25, 0.3) is 5.91 Å². The zero-order valence-electron chi connectivity index (χ0n) is 15.0. The van der Waals surface area contributed by atoms with Crippen LogP contribution in [0.3, 0.4) is 0 Å². The highest BCUT2D eigenvalue weighted by Crippen LogP contribution is 2.38. The smallest absolute Gasteiger partial charge is 0.267 e. The number of carbonyl (C=O) groups excluding carboxylic acids is 1. The van der Waals surface area contributed by atoms with Crippen LogP contribution < -0.4 is 10.1 Å². The first-order valence-electron chi connectivity index (χ1n) is 9.24. The lowest BCUT2D eigenvalue weighted by molar-refractivity contribution is 0.0383. The maximum atomic E-state index is 12.8. The van der Waals surface area contributed by atoms with E-state index in [4.69, 9.17) is 21.1 Å². The number of morpholine rings is 1. The highest BCUT2D eigenvalue weighted by atomic mass is 35.5. The van der Waals surface area contributed by atoms with Gasteiger partial charge >= 0.3 is 0 Å². The van der Waals surface area contributed by atoms with Gasteiger partial charge in [0, 0.05) is 31.6 Å². The second-order valence-corrected chi connectivity index (χ2v) is 7.21. The number of rotatable bonds is 5. The molecular weight excluding hydrogens is 354 g/mol. The van der Waals surface area contributed by atoms with Crippen molar-refractivity contribution in [3.63, 3.8) is 0 Å². The third-order valence-corrected chi connectivity index (χ3v) is 5.48. The summed E-state index contributed by atoms with van der Waals surface area (Å²) in [6.07, 6.45) is 0.957. The third-order valence-electron chi connectivity index (χ3n) is 5.15. The highest BCUT2D eigenvalue weighted by molar-refractivity contribution is 6.36. The SMILES string of the molecule is CCC1Cn2c(C(=O)NCCN3CCOCC3)cc3c(Cl)ccc(c32)O1. The fraction of sp³-hybridized carbons (Fsp3) is 0.526. The van der Waals surface area contributed by atoms with Gasteiger partial charge in [0.15, 0.2) is 0 Å². The van der Waals surface area contributed by atoms with Crippen molar-refractivity contribution in [3.05, 3.63) is 28.9 Å². The fourth-order valence-corrected chi connectivity index (χ4v) is 3.87. The van der Waals surface area contributed by atoms with E-state index in [-0.39, 0.29) is 12.0 Å². The van der Waals surface area contributed by atoms with Gasteiger partial charge in [0.2, 0.25) is 0 Å². The summed E-state index contributed by atoms with van der Waals surface area (Å²) in [6.45, 7) is 7.59. The van der Waals surface area contributed by atoms with Crippen LogP contribution in [0.5, 0.6) is 5.75 Å². The number of nitrogens with zero attached hydrogens (tertiary/aromatic N) is 2. The van der Waals surface area contributed by atoms with Crippen LogP contribution in [0.1, 0.15) is 23.8 Å². The average Bonchev–Trinajstić information content (AvgIpc) is 3.06. The van der Waals surface area contributed by atoms with Crippen LogP contribution in [0.4, 0.5) is 0 Å². The van der Waals surface area contributed by atoms with Crippen molar-refractivity contribution in [1.82, 2.24) is 14.8 Å². The van der Waals surface area contributed by atoms with E-state index in [0.29, 0.717) is 23.8 Å². The van der Waals surface area contributed by atoms with Crippen LogP contribution >= 0.6 is 11.6 Å². The molecule has 0 bridgehead atoms. The molecule has 0 spiro atoms. The lowest BCUT2D eigenvalue weighted by Gasteiger charge is -2.27. The molecule has 1 saturated heterocycles. The largest absolute Gasteiger partial charge is 0.486 e. The number of hydrogen-bond acceptors (Lipinski definition) is 4. The van der Waals surface area contributed by atoms with Crippen LogP contribution in [0.15, 0.2) is 18.2 Å². The normalized spacial score (nSPS) is 20.2. The molecule has 1 unspecified atom stereocenters. The minimum Gasteiger partial charge on any atom is -0.486 e. The zero-order chi connectivity index (χ0) is 18.1. The Kier molecular flexibility index (Phi) is 5.07. The van der Waals surface area contributed by atoms with Crippen molar-refractivity contribution in [2.24, 2.45) is 0 Å². The van der Waals surface area contributed by atoms with E-state index in [1.165, 1.54) is 0 Å². The summed E-state index contributed by atoms with van der Waals surface area (Å²) in [7, 11) is 0. The molecule has 0 radical (unpaired) electrons. The van der Waals surface area contributed by atoms with Crippen LogP contribution in [0.25, 0.3) is 10.9 Å². The summed E-state index contributed by atoms with van der Waals surface area (Å²) in [4.78, 5) is 15.1. The van der Waals surface area contributed by atoms with Crippen molar-refractivity contribution in [1.29, 1.82) is 0 Å². The predicted molar refractivity (Wildman–Crippen MR) is 101 cm³/mol. The van der Waals surface area contributed by atoms with Crippen molar-refractivity contribution in [2.45, 2.75) is 26.0 Å². The minimum absolute atomic E-state index is 0.0618. The standard InChI is InChI=1S/C19H24ClN3O3/c1-2-13-12-23-16(11-14-15(20)3-4-17(26-13)18(14)23)19(24)21-5-6-22-7-9-25-10-8-22/h3-4,11,13H,2,5-10,12H2,1H3,(H,21,24). The first-order valence-corrected chi connectivity index (χ1v) is 9.62. The van der Waals surface area contributed by atoms with E-state index in [0.717, 1.165) is 55.9 Å². The number of nitrogens with one attached hydrogen (secondary N) is 1. The van der Waals surface area contributed by atoms with Crippen molar-refractivity contribution in [3.8, 4) is 5.75 Å². The molecule has 0 aliphatic carbocycles. The number of ether oxygens (including phenoxy) is 2. The predicted octanol–water partition coefficient (Wildman–Crippen LogP) is 2.53. The Morgan fingerprint density at radius 1 is 1.35 bits per heavy atom. The van der Waals surface area contributed by atoms with Gasteiger partial charge in [-0.1, -0.05) is 18.5 Å². The molecule has 2 aliphatic rings. The van der Waals surface area contributed by atoms with Gasteiger partial charge in [-0.05, 0) is 24.6 Å². The van der Waals surface area contributed by atoms with E-state index in [1.807, 2.05) is 18.2 Å². The van der Waals surface area contributed by atoms with Gasteiger partial charge in [-0.3, -0.25) is 9.69 Å². The summed E-state index contributed by atoms with van der Waals surface area (Å²) < 4.78 is 13.4. The number of carbonyl (C=O) groups is 1. The van der Waals surface area contributed by atoms with Gasteiger partial charge in [0.05, 0.1) is 30.3 Å². The van der Waals surface area contributed by atoms with Crippen LogP contribution in [-0.4, -0.2) is 60.9 Å². The number of benzene rings is 1. The molecule has 26 heavy (non-hydrogen) atoms.